The molecule has 1 aromatic heterocycles. The second kappa shape index (κ2) is 7.81. The predicted molar refractivity (Wildman–Crippen MR) is 94.5 cm³/mol. The summed E-state index contributed by atoms with van der Waals surface area (Å²) in [6.07, 6.45) is 0. The Morgan fingerprint density at radius 2 is 1.85 bits per heavy atom. The number of hydrogen-bond donors (Lipinski definition) is 2. The van der Waals surface area contributed by atoms with E-state index < -0.39 is 16.0 Å². The molecular weight excluding hydrogens is 358 g/mol. The van der Waals surface area contributed by atoms with E-state index in [2.05, 4.69) is 10.3 Å². The molecule has 9 heteroatoms. The number of nitrogens with zero attached hydrogens (tertiary/aromatic N) is 2. The van der Waals surface area contributed by atoms with Gasteiger partial charge in [-0.3, -0.25) is 0 Å². The number of nitrogens with one attached hydrogen (secondary N) is 1. The van der Waals surface area contributed by atoms with Crippen molar-refractivity contribution >= 4 is 21.8 Å². The van der Waals surface area contributed by atoms with Crippen molar-refractivity contribution in [3.63, 3.8) is 0 Å². The fraction of sp³-hybridized carbons (Fsp3) is 0.294. The third-order valence-electron chi connectivity index (χ3n) is 3.97. The van der Waals surface area contributed by atoms with Crippen LogP contribution in [-0.4, -0.2) is 55.1 Å². The molecule has 26 heavy (non-hydrogen) atoms. The molecule has 0 unspecified atom stereocenters. The highest BCUT2D eigenvalue weighted by molar-refractivity contribution is 7.89. The Kier molecular flexibility index (Phi) is 5.50. The zero-order valence-corrected chi connectivity index (χ0v) is 14.8. The molecule has 2 aromatic rings. The number of sulfonamides is 1. The van der Waals surface area contributed by atoms with Gasteiger partial charge in [0.15, 0.2) is 5.69 Å². The zero-order chi connectivity index (χ0) is 18.6. The number of carboxylic acid groups (broad SMARTS) is 1. The number of carboxylic acids is 1. The van der Waals surface area contributed by atoms with Crippen molar-refractivity contribution in [2.24, 2.45) is 0 Å². The summed E-state index contributed by atoms with van der Waals surface area (Å²) in [5.41, 5.74) is 0.815. The van der Waals surface area contributed by atoms with Crippen LogP contribution in [0.25, 0.3) is 0 Å². The van der Waals surface area contributed by atoms with Crippen LogP contribution in [0.3, 0.4) is 0 Å². The largest absolute Gasteiger partial charge is 0.477 e. The van der Waals surface area contributed by atoms with Crippen LogP contribution in [0.5, 0.6) is 0 Å². The van der Waals surface area contributed by atoms with Crippen molar-refractivity contribution in [1.82, 2.24) is 9.29 Å². The summed E-state index contributed by atoms with van der Waals surface area (Å²) >= 11 is 0. The normalized spacial score (nSPS) is 15.5. The fourth-order valence-corrected chi connectivity index (χ4v) is 3.97. The average Bonchev–Trinajstić information content (AvgIpc) is 2.67. The summed E-state index contributed by atoms with van der Waals surface area (Å²) in [4.78, 5) is 15.2. The Morgan fingerprint density at radius 3 is 2.50 bits per heavy atom. The van der Waals surface area contributed by atoms with Gasteiger partial charge in [-0.05, 0) is 29.8 Å². The Hall–Kier alpha value is -2.49. The SMILES string of the molecule is O=C(O)c1cccc(NCc2ccc(S(=O)(=O)N3CCOCC3)cc2)n1. The number of rotatable bonds is 6. The van der Waals surface area contributed by atoms with E-state index in [4.69, 9.17) is 9.84 Å². The van der Waals surface area contributed by atoms with E-state index in [1.165, 1.54) is 10.4 Å². The molecule has 2 heterocycles. The minimum absolute atomic E-state index is 0.0399. The molecule has 1 fully saturated rings. The van der Waals surface area contributed by atoms with Crippen molar-refractivity contribution in [2.45, 2.75) is 11.4 Å². The molecule has 138 valence electrons. The summed E-state index contributed by atoms with van der Waals surface area (Å²) in [5, 5.41) is 12.0. The van der Waals surface area contributed by atoms with Crippen LogP contribution < -0.4 is 5.32 Å². The minimum Gasteiger partial charge on any atom is -0.477 e. The zero-order valence-electron chi connectivity index (χ0n) is 14.0. The molecule has 8 nitrogen and oxygen atoms in total. The number of aromatic nitrogens is 1. The van der Waals surface area contributed by atoms with Gasteiger partial charge in [0.05, 0.1) is 18.1 Å². The van der Waals surface area contributed by atoms with Gasteiger partial charge in [-0.15, -0.1) is 0 Å². The van der Waals surface area contributed by atoms with Crippen LogP contribution >= 0.6 is 0 Å². The molecule has 0 atom stereocenters. The van der Waals surface area contributed by atoms with E-state index in [1.54, 1.807) is 36.4 Å². The van der Waals surface area contributed by atoms with E-state index in [0.29, 0.717) is 38.7 Å². The van der Waals surface area contributed by atoms with Crippen molar-refractivity contribution in [1.29, 1.82) is 0 Å². The molecule has 1 aliphatic rings. The number of carbonyl (C=O) groups is 1. The maximum absolute atomic E-state index is 12.6. The number of hydrogen-bond acceptors (Lipinski definition) is 6. The number of aromatic carboxylic acids is 1. The Balaban J connectivity index is 1.66. The van der Waals surface area contributed by atoms with Crippen LogP contribution in [0.15, 0.2) is 47.4 Å². The summed E-state index contributed by atoms with van der Waals surface area (Å²) in [7, 11) is -3.51. The summed E-state index contributed by atoms with van der Waals surface area (Å²) in [5.74, 6) is -0.652. The number of anilines is 1. The van der Waals surface area contributed by atoms with Gasteiger partial charge >= 0.3 is 5.97 Å². The van der Waals surface area contributed by atoms with Crippen LogP contribution in [0.2, 0.25) is 0 Å². The number of ether oxygens (including phenoxy) is 1. The van der Waals surface area contributed by atoms with Gasteiger partial charge in [0.2, 0.25) is 10.0 Å². The van der Waals surface area contributed by atoms with E-state index >= 15 is 0 Å². The quantitative estimate of drug-likeness (QED) is 0.783. The molecule has 0 aliphatic carbocycles. The van der Waals surface area contributed by atoms with Gasteiger partial charge < -0.3 is 15.2 Å². The molecular formula is C17H19N3O5S. The van der Waals surface area contributed by atoms with E-state index in [9.17, 15) is 13.2 Å². The highest BCUT2D eigenvalue weighted by Gasteiger charge is 2.25. The molecule has 0 bridgehead atoms. The fourth-order valence-electron chi connectivity index (χ4n) is 2.56. The first-order valence-electron chi connectivity index (χ1n) is 8.08. The Labute approximate surface area is 151 Å². The van der Waals surface area contributed by atoms with Gasteiger partial charge in [-0.25, -0.2) is 18.2 Å². The van der Waals surface area contributed by atoms with Gasteiger partial charge in [0.25, 0.3) is 0 Å². The lowest BCUT2D eigenvalue weighted by molar-refractivity contribution is 0.0690. The third kappa shape index (κ3) is 4.18. The molecule has 2 N–H and O–H groups in total. The first-order chi connectivity index (χ1) is 12.5. The predicted octanol–water partition coefficient (Wildman–Crippen LogP) is 1.41. The van der Waals surface area contributed by atoms with Crippen molar-refractivity contribution in [3.8, 4) is 0 Å². The second-order valence-electron chi connectivity index (χ2n) is 5.73. The molecule has 1 aromatic carbocycles. The number of pyridine rings is 1. The lowest BCUT2D eigenvalue weighted by atomic mass is 10.2. The lowest BCUT2D eigenvalue weighted by Crippen LogP contribution is -2.40. The lowest BCUT2D eigenvalue weighted by Gasteiger charge is -2.26. The Morgan fingerprint density at radius 1 is 1.15 bits per heavy atom. The third-order valence-corrected chi connectivity index (χ3v) is 5.89. The minimum atomic E-state index is -3.51. The Bertz CT molecular complexity index is 878. The molecule has 0 amide bonds. The van der Waals surface area contributed by atoms with Crippen LogP contribution in [-0.2, 0) is 21.3 Å². The van der Waals surface area contributed by atoms with Gasteiger partial charge in [0, 0.05) is 19.6 Å². The standard InChI is InChI=1S/C17H19N3O5S/c21-17(22)15-2-1-3-16(19-15)18-12-13-4-6-14(7-5-13)26(23,24)20-8-10-25-11-9-20/h1-7H,8-12H2,(H,18,19)(H,21,22). The van der Waals surface area contributed by atoms with Crippen LogP contribution in [0.4, 0.5) is 5.82 Å². The topological polar surface area (TPSA) is 109 Å². The van der Waals surface area contributed by atoms with E-state index in [0.717, 1.165) is 5.56 Å². The average molecular weight is 377 g/mol. The second-order valence-corrected chi connectivity index (χ2v) is 7.67. The maximum atomic E-state index is 12.6. The molecule has 1 aliphatic heterocycles. The number of benzene rings is 1. The van der Waals surface area contributed by atoms with Gasteiger partial charge in [-0.1, -0.05) is 18.2 Å². The van der Waals surface area contributed by atoms with Crippen molar-refractivity contribution in [2.75, 3.05) is 31.6 Å². The highest BCUT2D eigenvalue weighted by Crippen LogP contribution is 2.18. The van der Waals surface area contributed by atoms with E-state index in [1.807, 2.05) is 0 Å². The van der Waals surface area contributed by atoms with Crippen LogP contribution in [0.1, 0.15) is 16.1 Å². The summed E-state index contributed by atoms with van der Waals surface area (Å²) in [6.45, 7) is 1.93. The molecule has 1 saturated heterocycles. The molecule has 0 saturated carbocycles. The van der Waals surface area contributed by atoms with Gasteiger partial charge in [0.1, 0.15) is 5.82 Å². The van der Waals surface area contributed by atoms with Crippen molar-refractivity contribution < 1.29 is 23.1 Å². The first-order valence-corrected chi connectivity index (χ1v) is 9.52. The number of morpholine rings is 1. The van der Waals surface area contributed by atoms with E-state index in [-0.39, 0.29) is 10.6 Å². The molecule has 0 spiro atoms. The smallest absolute Gasteiger partial charge is 0.354 e. The summed E-state index contributed by atoms with van der Waals surface area (Å²) in [6, 6.07) is 11.3. The maximum Gasteiger partial charge on any atom is 0.354 e. The first kappa shape index (κ1) is 18.3. The van der Waals surface area contributed by atoms with Gasteiger partial charge in [-0.2, -0.15) is 4.31 Å². The monoisotopic (exact) mass is 377 g/mol. The highest BCUT2D eigenvalue weighted by atomic mass is 32.2. The molecule has 0 radical (unpaired) electrons. The van der Waals surface area contributed by atoms with Crippen LogP contribution in [0, 0.1) is 0 Å². The van der Waals surface area contributed by atoms with Crippen molar-refractivity contribution in [3.05, 3.63) is 53.7 Å². The summed E-state index contributed by atoms with van der Waals surface area (Å²) < 4.78 is 31.7. The molecule has 3 rings (SSSR count).